The average molecular weight is 327 g/mol. The molecule has 2 rings (SSSR count). The van der Waals surface area contributed by atoms with E-state index in [0.717, 1.165) is 22.6 Å². The second-order valence-corrected chi connectivity index (χ2v) is 6.79. The molecule has 0 aliphatic heterocycles. The second-order valence-electron chi connectivity index (χ2n) is 5.38. The average Bonchev–Trinajstić information content (AvgIpc) is 2.55. The van der Waals surface area contributed by atoms with Crippen LogP contribution in [0.2, 0.25) is 0 Å². The largest absolute Gasteiger partial charge is 0.326 e. The summed E-state index contributed by atoms with van der Waals surface area (Å²) in [6.07, 6.45) is 0.972. The summed E-state index contributed by atoms with van der Waals surface area (Å²) in [7, 11) is 0. The van der Waals surface area contributed by atoms with Gasteiger partial charge in [0, 0.05) is 23.1 Å². The van der Waals surface area contributed by atoms with Gasteiger partial charge in [0.05, 0.1) is 5.25 Å². The number of hydrogen-bond donors (Lipinski definition) is 1. The molecule has 0 radical (unpaired) electrons. The molecule has 0 aliphatic rings. The van der Waals surface area contributed by atoms with Gasteiger partial charge in [-0.2, -0.15) is 0 Å². The van der Waals surface area contributed by atoms with Gasteiger partial charge in [-0.1, -0.05) is 31.2 Å². The highest BCUT2D eigenvalue weighted by Gasteiger charge is 2.16. The number of carbonyl (C=O) groups excluding carboxylic acids is 2. The Balaban J connectivity index is 2.01. The number of aryl methyl sites for hydroxylation is 1. The number of benzene rings is 2. The summed E-state index contributed by atoms with van der Waals surface area (Å²) in [6, 6.07) is 15.3. The van der Waals surface area contributed by atoms with Crippen LogP contribution in [0.5, 0.6) is 0 Å². The van der Waals surface area contributed by atoms with Crippen molar-refractivity contribution in [2.75, 3.05) is 5.32 Å². The summed E-state index contributed by atoms with van der Waals surface area (Å²) in [6.45, 7) is 5.50. The van der Waals surface area contributed by atoms with Crippen molar-refractivity contribution < 1.29 is 9.59 Å². The molecular formula is C19H21NO2S. The van der Waals surface area contributed by atoms with Crippen LogP contribution in [-0.4, -0.2) is 16.9 Å². The van der Waals surface area contributed by atoms with Crippen LogP contribution in [0.3, 0.4) is 0 Å². The quantitative estimate of drug-likeness (QED) is 0.624. The van der Waals surface area contributed by atoms with Gasteiger partial charge in [-0.05, 0) is 43.2 Å². The number of anilines is 1. The number of rotatable bonds is 6. The minimum absolute atomic E-state index is 0.0931. The van der Waals surface area contributed by atoms with Crippen LogP contribution in [0.15, 0.2) is 53.4 Å². The van der Waals surface area contributed by atoms with Crippen molar-refractivity contribution in [3.05, 3.63) is 59.7 Å². The highest BCUT2D eigenvalue weighted by Crippen LogP contribution is 2.27. The van der Waals surface area contributed by atoms with Crippen molar-refractivity contribution in [1.82, 2.24) is 0 Å². The van der Waals surface area contributed by atoms with E-state index in [1.54, 1.807) is 0 Å². The number of amides is 1. The first-order chi connectivity index (χ1) is 11.0. The molecule has 0 saturated carbocycles. The molecule has 0 saturated heterocycles. The van der Waals surface area contributed by atoms with E-state index < -0.39 is 0 Å². The lowest BCUT2D eigenvalue weighted by Crippen LogP contribution is -2.13. The Hall–Kier alpha value is -2.07. The number of carbonyl (C=O) groups is 2. The first-order valence-corrected chi connectivity index (χ1v) is 8.55. The Morgan fingerprint density at radius 1 is 1.04 bits per heavy atom. The van der Waals surface area contributed by atoms with Gasteiger partial charge >= 0.3 is 0 Å². The van der Waals surface area contributed by atoms with Gasteiger partial charge in [0.1, 0.15) is 0 Å². The molecule has 2 aromatic carbocycles. The summed E-state index contributed by atoms with van der Waals surface area (Å²) >= 11 is 1.52. The van der Waals surface area contributed by atoms with E-state index in [4.69, 9.17) is 0 Å². The van der Waals surface area contributed by atoms with Crippen LogP contribution < -0.4 is 5.32 Å². The summed E-state index contributed by atoms with van der Waals surface area (Å²) in [4.78, 5) is 24.5. The highest BCUT2D eigenvalue weighted by molar-refractivity contribution is 8.00. The van der Waals surface area contributed by atoms with E-state index in [1.807, 2.05) is 55.5 Å². The summed E-state index contributed by atoms with van der Waals surface area (Å²) in [5, 5.41) is 2.57. The molecule has 0 spiro atoms. The summed E-state index contributed by atoms with van der Waals surface area (Å²) < 4.78 is 0. The van der Waals surface area contributed by atoms with E-state index >= 15 is 0 Å². The predicted molar refractivity (Wildman–Crippen MR) is 96.2 cm³/mol. The highest BCUT2D eigenvalue weighted by atomic mass is 32.2. The molecule has 23 heavy (non-hydrogen) atoms. The zero-order valence-corrected chi connectivity index (χ0v) is 14.4. The van der Waals surface area contributed by atoms with Crippen molar-refractivity contribution in [2.24, 2.45) is 0 Å². The normalized spacial score (nSPS) is 11.8. The minimum Gasteiger partial charge on any atom is -0.326 e. The van der Waals surface area contributed by atoms with Crippen molar-refractivity contribution in [3.63, 3.8) is 0 Å². The molecule has 0 bridgehead atoms. The Kier molecular flexibility index (Phi) is 5.99. The third kappa shape index (κ3) is 4.96. The zero-order chi connectivity index (χ0) is 16.8. The van der Waals surface area contributed by atoms with Crippen LogP contribution in [0.25, 0.3) is 0 Å². The molecule has 0 fully saturated rings. The standard InChI is InChI=1S/C19H21NO2S/c1-4-15-5-7-16(8-6-15)19(22)13(2)23-18-11-9-17(10-12-18)20-14(3)21/h5-13H,4H2,1-3H3,(H,20,21)/t13-/m0/s1. The van der Waals surface area contributed by atoms with Gasteiger partial charge in [0.2, 0.25) is 5.91 Å². The topological polar surface area (TPSA) is 46.2 Å². The number of ketones is 1. The van der Waals surface area contributed by atoms with Crippen molar-refractivity contribution in [3.8, 4) is 0 Å². The van der Waals surface area contributed by atoms with Crippen LogP contribution in [0, 0.1) is 0 Å². The molecule has 0 heterocycles. The Labute approximate surface area is 141 Å². The third-order valence-electron chi connectivity index (χ3n) is 3.50. The Morgan fingerprint density at radius 3 is 2.17 bits per heavy atom. The summed E-state index contributed by atoms with van der Waals surface area (Å²) in [5.41, 5.74) is 2.74. The van der Waals surface area contributed by atoms with Gasteiger partial charge in [0.15, 0.2) is 5.78 Å². The zero-order valence-electron chi connectivity index (χ0n) is 13.6. The lowest BCUT2D eigenvalue weighted by molar-refractivity contribution is -0.114. The molecule has 1 amide bonds. The van der Waals surface area contributed by atoms with E-state index in [9.17, 15) is 9.59 Å². The van der Waals surface area contributed by atoms with Crippen molar-refractivity contribution in [1.29, 1.82) is 0 Å². The number of Topliss-reactive ketones (excluding diaryl/α,β-unsaturated/α-hetero) is 1. The number of hydrogen-bond acceptors (Lipinski definition) is 3. The second kappa shape index (κ2) is 7.97. The first kappa shape index (κ1) is 17.3. The molecule has 0 aliphatic carbocycles. The van der Waals surface area contributed by atoms with Crippen molar-refractivity contribution >= 4 is 29.1 Å². The van der Waals surface area contributed by atoms with E-state index in [2.05, 4.69) is 12.2 Å². The lowest BCUT2D eigenvalue weighted by atomic mass is 10.1. The maximum absolute atomic E-state index is 12.5. The van der Waals surface area contributed by atoms with Crippen LogP contribution >= 0.6 is 11.8 Å². The third-order valence-corrected chi connectivity index (χ3v) is 4.62. The van der Waals surface area contributed by atoms with Crippen molar-refractivity contribution in [2.45, 2.75) is 37.3 Å². The fraction of sp³-hybridized carbons (Fsp3) is 0.263. The molecule has 120 valence electrons. The molecule has 3 nitrogen and oxygen atoms in total. The first-order valence-electron chi connectivity index (χ1n) is 7.67. The summed E-state index contributed by atoms with van der Waals surface area (Å²) in [5.74, 6) is 0.0352. The van der Waals surface area contributed by atoms with Gasteiger partial charge in [-0.25, -0.2) is 0 Å². The molecule has 1 atom stereocenters. The Morgan fingerprint density at radius 2 is 1.65 bits per heavy atom. The number of nitrogens with one attached hydrogen (secondary N) is 1. The molecule has 0 unspecified atom stereocenters. The minimum atomic E-state index is -0.158. The maximum atomic E-state index is 12.5. The monoisotopic (exact) mass is 327 g/mol. The predicted octanol–water partition coefficient (Wildman–Crippen LogP) is 4.57. The van der Waals surface area contributed by atoms with Gasteiger partial charge < -0.3 is 5.32 Å². The van der Waals surface area contributed by atoms with Crippen LogP contribution in [0.1, 0.15) is 36.7 Å². The van der Waals surface area contributed by atoms with E-state index in [-0.39, 0.29) is 16.9 Å². The van der Waals surface area contributed by atoms with Gasteiger partial charge in [-0.15, -0.1) is 11.8 Å². The molecule has 0 aromatic heterocycles. The maximum Gasteiger partial charge on any atom is 0.221 e. The van der Waals surface area contributed by atoms with E-state index in [1.165, 1.54) is 24.2 Å². The van der Waals surface area contributed by atoms with Crippen LogP contribution in [0.4, 0.5) is 5.69 Å². The Bertz CT molecular complexity index is 678. The van der Waals surface area contributed by atoms with Crippen LogP contribution in [-0.2, 0) is 11.2 Å². The number of thioether (sulfide) groups is 1. The van der Waals surface area contributed by atoms with Gasteiger partial charge in [-0.3, -0.25) is 9.59 Å². The molecule has 2 aromatic rings. The lowest BCUT2D eigenvalue weighted by Gasteiger charge is -2.11. The molecule has 4 heteroatoms. The molecular weight excluding hydrogens is 306 g/mol. The van der Waals surface area contributed by atoms with E-state index in [0.29, 0.717) is 0 Å². The fourth-order valence-electron chi connectivity index (χ4n) is 2.22. The smallest absolute Gasteiger partial charge is 0.221 e. The fourth-order valence-corrected chi connectivity index (χ4v) is 3.16. The van der Waals surface area contributed by atoms with Gasteiger partial charge in [0.25, 0.3) is 0 Å². The molecule has 1 N–H and O–H groups in total. The SMILES string of the molecule is CCc1ccc(C(=O)[C@H](C)Sc2ccc(NC(C)=O)cc2)cc1.